The number of hydrogen-bond donors (Lipinski definition) is 0. The Kier molecular flexibility index (Phi) is 4.00. The zero-order chi connectivity index (χ0) is 13.9. The highest BCUT2D eigenvalue weighted by Crippen LogP contribution is 2.33. The van der Waals surface area contributed by atoms with Gasteiger partial charge in [-0.15, -0.1) is 0 Å². The molecule has 6 nitrogen and oxygen atoms in total. The molecule has 2 aliphatic rings. The molecular formula is C14H21N3O3. The average molecular weight is 279 g/mol. The van der Waals surface area contributed by atoms with Gasteiger partial charge in [0.25, 0.3) is 5.89 Å². The summed E-state index contributed by atoms with van der Waals surface area (Å²) in [5.74, 6) is 2.05. The fraction of sp³-hybridized carbons (Fsp3) is 0.786. The summed E-state index contributed by atoms with van der Waals surface area (Å²) in [6, 6.07) is 0. The molecule has 0 N–H and O–H groups in total. The molecular weight excluding hydrogens is 258 g/mol. The number of likely N-dealkylation sites (tertiary alicyclic amines) is 1. The van der Waals surface area contributed by atoms with Gasteiger partial charge in [-0.2, -0.15) is 4.98 Å². The van der Waals surface area contributed by atoms with Gasteiger partial charge < -0.3 is 14.2 Å². The van der Waals surface area contributed by atoms with Crippen LogP contribution in [0.5, 0.6) is 0 Å². The smallest absolute Gasteiger partial charge is 0.252 e. The SMILES string of the molecule is Cc1noc(COC2CCCN(C(=O)CC3CC3)C2)n1. The van der Waals surface area contributed by atoms with Crippen LogP contribution in [0.1, 0.15) is 43.8 Å². The van der Waals surface area contributed by atoms with Gasteiger partial charge in [-0.1, -0.05) is 5.16 Å². The van der Waals surface area contributed by atoms with Crippen LogP contribution in [-0.4, -0.2) is 40.1 Å². The van der Waals surface area contributed by atoms with Crippen LogP contribution in [-0.2, 0) is 16.1 Å². The Morgan fingerprint density at radius 3 is 3.00 bits per heavy atom. The number of ether oxygens (including phenoxy) is 1. The van der Waals surface area contributed by atoms with E-state index in [1.807, 2.05) is 4.90 Å². The predicted molar refractivity (Wildman–Crippen MR) is 70.8 cm³/mol. The van der Waals surface area contributed by atoms with Gasteiger partial charge in [0.1, 0.15) is 6.61 Å². The minimum atomic E-state index is 0.0825. The molecule has 2 heterocycles. The van der Waals surface area contributed by atoms with E-state index in [4.69, 9.17) is 9.26 Å². The van der Waals surface area contributed by atoms with Crippen molar-refractivity contribution in [1.82, 2.24) is 15.0 Å². The van der Waals surface area contributed by atoms with E-state index in [1.165, 1.54) is 12.8 Å². The Balaban J connectivity index is 1.46. The first-order chi connectivity index (χ1) is 9.70. The number of rotatable bonds is 5. The third-order valence-electron chi connectivity index (χ3n) is 3.90. The number of aryl methyl sites for hydroxylation is 1. The van der Waals surface area contributed by atoms with Crippen LogP contribution in [0.15, 0.2) is 4.52 Å². The number of hydrogen-bond acceptors (Lipinski definition) is 5. The maximum absolute atomic E-state index is 12.1. The van der Waals surface area contributed by atoms with Crippen LogP contribution in [0.3, 0.4) is 0 Å². The van der Waals surface area contributed by atoms with Crippen LogP contribution in [0, 0.1) is 12.8 Å². The number of piperidine rings is 1. The molecule has 1 atom stereocenters. The lowest BCUT2D eigenvalue weighted by atomic mass is 10.1. The number of nitrogens with zero attached hydrogens (tertiary/aromatic N) is 3. The van der Waals surface area contributed by atoms with E-state index >= 15 is 0 Å². The number of amides is 1. The molecule has 1 aliphatic carbocycles. The maximum atomic E-state index is 12.1. The van der Waals surface area contributed by atoms with E-state index in [2.05, 4.69) is 10.1 Å². The molecule has 0 aromatic carbocycles. The fourth-order valence-corrected chi connectivity index (χ4v) is 2.59. The van der Waals surface area contributed by atoms with Gasteiger partial charge in [0.2, 0.25) is 5.91 Å². The Bertz CT molecular complexity index is 470. The van der Waals surface area contributed by atoms with Crippen molar-refractivity contribution in [3.63, 3.8) is 0 Å². The molecule has 1 saturated carbocycles. The molecule has 1 amide bonds. The summed E-state index contributed by atoms with van der Waals surface area (Å²) in [5, 5.41) is 3.73. The van der Waals surface area contributed by atoms with Crippen LogP contribution in [0.25, 0.3) is 0 Å². The topological polar surface area (TPSA) is 68.5 Å². The van der Waals surface area contributed by atoms with Gasteiger partial charge in [-0.05, 0) is 38.5 Å². The third-order valence-corrected chi connectivity index (χ3v) is 3.90. The molecule has 0 bridgehead atoms. The first-order valence-corrected chi connectivity index (χ1v) is 7.39. The third kappa shape index (κ3) is 3.56. The number of carbonyl (C=O) groups is 1. The Labute approximate surface area is 118 Å². The molecule has 1 aliphatic heterocycles. The average Bonchev–Trinajstić information content (AvgIpc) is 3.17. The van der Waals surface area contributed by atoms with Crippen molar-refractivity contribution in [3.8, 4) is 0 Å². The zero-order valence-corrected chi connectivity index (χ0v) is 11.9. The van der Waals surface area contributed by atoms with Crippen molar-refractivity contribution in [2.75, 3.05) is 13.1 Å². The minimum Gasteiger partial charge on any atom is -0.367 e. The molecule has 20 heavy (non-hydrogen) atoms. The van der Waals surface area contributed by atoms with Crippen LogP contribution in [0.4, 0.5) is 0 Å². The molecule has 110 valence electrons. The Hall–Kier alpha value is -1.43. The Morgan fingerprint density at radius 1 is 1.45 bits per heavy atom. The van der Waals surface area contributed by atoms with Gasteiger partial charge in [-0.25, -0.2) is 0 Å². The molecule has 0 radical (unpaired) electrons. The van der Waals surface area contributed by atoms with Crippen molar-refractivity contribution in [2.24, 2.45) is 5.92 Å². The molecule has 1 unspecified atom stereocenters. The molecule has 1 aromatic heterocycles. The van der Waals surface area contributed by atoms with Crippen molar-refractivity contribution < 1.29 is 14.1 Å². The largest absolute Gasteiger partial charge is 0.367 e. The molecule has 1 saturated heterocycles. The number of carbonyl (C=O) groups excluding carboxylic acids is 1. The molecule has 0 spiro atoms. The highest BCUT2D eigenvalue weighted by atomic mass is 16.5. The van der Waals surface area contributed by atoms with Crippen molar-refractivity contribution >= 4 is 5.91 Å². The van der Waals surface area contributed by atoms with Crippen molar-refractivity contribution in [1.29, 1.82) is 0 Å². The Morgan fingerprint density at radius 2 is 2.30 bits per heavy atom. The summed E-state index contributed by atoms with van der Waals surface area (Å²) in [5.41, 5.74) is 0. The van der Waals surface area contributed by atoms with E-state index in [1.54, 1.807) is 6.92 Å². The second kappa shape index (κ2) is 5.91. The molecule has 1 aromatic rings. The van der Waals surface area contributed by atoms with Crippen molar-refractivity contribution in [3.05, 3.63) is 11.7 Å². The van der Waals surface area contributed by atoms with Crippen LogP contribution in [0.2, 0.25) is 0 Å². The maximum Gasteiger partial charge on any atom is 0.252 e. The normalized spacial score (nSPS) is 23.1. The van der Waals surface area contributed by atoms with Gasteiger partial charge in [0, 0.05) is 19.5 Å². The first-order valence-electron chi connectivity index (χ1n) is 7.39. The lowest BCUT2D eigenvalue weighted by molar-refractivity contribution is -0.136. The van der Waals surface area contributed by atoms with E-state index in [0.717, 1.165) is 25.8 Å². The highest BCUT2D eigenvalue weighted by molar-refractivity contribution is 5.76. The molecule has 2 fully saturated rings. The lowest BCUT2D eigenvalue weighted by Crippen LogP contribution is -2.43. The van der Waals surface area contributed by atoms with Crippen molar-refractivity contribution in [2.45, 2.75) is 51.7 Å². The summed E-state index contributed by atoms with van der Waals surface area (Å²) in [6.45, 7) is 3.67. The van der Waals surface area contributed by atoms with Gasteiger partial charge in [0.05, 0.1) is 6.10 Å². The lowest BCUT2D eigenvalue weighted by Gasteiger charge is -2.32. The monoisotopic (exact) mass is 279 g/mol. The quantitative estimate of drug-likeness (QED) is 0.820. The molecule has 6 heteroatoms. The second-order valence-corrected chi connectivity index (χ2v) is 5.80. The summed E-state index contributed by atoms with van der Waals surface area (Å²) >= 11 is 0. The van der Waals surface area contributed by atoms with Crippen LogP contribution >= 0.6 is 0 Å². The standard InChI is InChI=1S/C14H21N3O3/c1-10-15-13(20-16-10)9-19-12-3-2-6-17(8-12)14(18)7-11-4-5-11/h11-12H,2-9H2,1H3. The summed E-state index contributed by atoms with van der Waals surface area (Å²) in [4.78, 5) is 18.2. The summed E-state index contributed by atoms with van der Waals surface area (Å²) < 4.78 is 10.8. The summed E-state index contributed by atoms with van der Waals surface area (Å²) in [6.07, 6.45) is 5.23. The highest BCUT2D eigenvalue weighted by Gasteiger charge is 2.30. The van der Waals surface area contributed by atoms with Gasteiger partial charge >= 0.3 is 0 Å². The zero-order valence-electron chi connectivity index (χ0n) is 11.9. The van der Waals surface area contributed by atoms with E-state index < -0.39 is 0 Å². The minimum absolute atomic E-state index is 0.0825. The molecule has 3 rings (SSSR count). The predicted octanol–water partition coefficient (Wildman–Crippen LogP) is 1.69. The van der Waals surface area contributed by atoms with E-state index in [-0.39, 0.29) is 12.0 Å². The summed E-state index contributed by atoms with van der Waals surface area (Å²) in [7, 11) is 0. The van der Waals surface area contributed by atoms with E-state index in [9.17, 15) is 4.79 Å². The van der Waals surface area contributed by atoms with E-state index in [0.29, 0.717) is 30.8 Å². The van der Waals surface area contributed by atoms with Crippen LogP contribution < -0.4 is 0 Å². The second-order valence-electron chi connectivity index (χ2n) is 5.80. The van der Waals surface area contributed by atoms with Gasteiger partial charge in [-0.3, -0.25) is 4.79 Å². The van der Waals surface area contributed by atoms with Gasteiger partial charge in [0.15, 0.2) is 5.82 Å². The fourth-order valence-electron chi connectivity index (χ4n) is 2.59. The first kappa shape index (κ1) is 13.5. The number of aromatic nitrogens is 2.